The monoisotopic (exact) mass is 438 g/mol. The molecule has 162 valence electrons. The van der Waals surface area contributed by atoms with Gasteiger partial charge in [0.25, 0.3) is 0 Å². The molecular weight excluding hydrogens is 411 g/mol. The Labute approximate surface area is 187 Å². The van der Waals surface area contributed by atoms with Crippen molar-refractivity contribution in [2.75, 3.05) is 20.3 Å². The average molecular weight is 439 g/mol. The second-order valence-corrected chi connectivity index (χ2v) is 8.19. The summed E-state index contributed by atoms with van der Waals surface area (Å²) >= 11 is 5.73. The van der Waals surface area contributed by atoms with Crippen LogP contribution in [0.15, 0.2) is 54.7 Å². The summed E-state index contributed by atoms with van der Waals surface area (Å²) in [6.07, 6.45) is 2.69. The van der Waals surface area contributed by atoms with Gasteiger partial charge in [-0.25, -0.2) is 4.39 Å². The predicted molar refractivity (Wildman–Crippen MR) is 124 cm³/mol. The van der Waals surface area contributed by atoms with Crippen LogP contribution in [0.3, 0.4) is 0 Å². The quantitative estimate of drug-likeness (QED) is 0.430. The average Bonchev–Trinajstić information content (AvgIpc) is 3.25. The molecule has 3 aromatic rings. The number of aryl methyl sites for hydroxylation is 1. The molecule has 1 aliphatic rings. The number of methoxy groups -OCH3 is 1. The van der Waals surface area contributed by atoms with E-state index in [1.165, 1.54) is 17.7 Å². The number of nitrogens with one attached hydrogen (secondary N) is 1. The van der Waals surface area contributed by atoms with E-state index >= 15 is 0 Å². The highest BCUT2D eigenvalue weighted by Crippen LogP contribution is 2.41. The van der Waals surface area contributed by atoms with Crippen LogP contribution in [0.5, 0.6) is 0 Å². The van der Waals surface area contributed by atoms with Gasteiger partial charge in [-0.15, -0.1) is 0 Å². The lowest BCUT2D eigenvalue weighted by atomic mass is 9.96. The molecule has 0 bridgehead atoms. The van der Waals surface area contributed by atoms with Crippen LogP contribution >= 0.6 is 12.2 Å². The van der Waals surface area contributed by atoms with Crippen LogP contribution in [-0.4, -0.2) is 39.8 Å². The number of nitrogens with zero attached hydrogens (tertiary/aromatic N) is 3. The summed E-state index contributed by atoms with van der Waals surface area (Å²) < 4.78 is 20.9. The van der Waals surface area contributed by atoms with E-state index in [0.29, 0.717) is 6.61 Å². The van der Waals surface area contributed by atoms with Crippen LogP contribution in [0.25, 0.3) is 5.69 Å². The van der Waals surface area contributed by atoms with E-state index in [2.05, 4.69) is 39.7 Å². The highest BCUT2D eigenvalue weighted by atomic mass is 32.1. The van der Waals surface area contributed by atoms with Gasteiger partial charge in [-0.1, -0.05) is 6.07 Å². The van der Waals surface area contributed by atoms with Crippen molar-refractivity contribution in [1.82, 2.24) is 19.8 Å². The Bertz CT molecular complexity index is 1050. The van der Waals surface area contributed by atoms with Gasteiger partial charge in [-0.2, -0.15) is 0 Å². The van der Waals surface area contributed by atoms with E-state index in [0.717, 1.165) is 40.8 Å². The Balaban J connectivity index is 1.78. The van der Waals surface area contributed by atoms with E-state index in [4.69, 9.17) is 17.0 Å². The number of benzene rings is 1. The Hall–Kier alpha value is -2.77. The first-order chi connectivity index (χ1) is 15.0. The van der Waals surface area contributed by atoms with E-state index < -0.39 is 0 Å². The van der Waals surface area contributed by atoms with Crippen molar-refractivity contribution in [3.05, 3.63) is 83.2 Å². The van der Waals surface area contributed by atoms with Crippen LogP contribution in [0.4, 0.5) is 4.39 Å². The largest absolute Gasteiger partial charge is 0.385 e. The highest BCUT2D eigenvalue weighted by Gasteiger charge is 2.41. The first-order valence-electron chi connectivity index (χ1n) is 10.4. The van der Waals surface area contributed by atoms with Crippen molar-refractivity contribution in [1.29, 1.82) is 0 Å². The minimum Gasteiger partial charge on any atom is -0.385 e. The third kappa shape index (κ3) is 4.20. The summed E-state index contributed by atoms with van der Waals surface area (Å²) in [6, 6.07) is 14.7. The maximum Gasteiger partial charge on any atom is 0.170 e. The van der Waals surface area contributed by atoms with Crippen LogP contribution in [0.1, 0.15) is 41.1 Å². The maximum absolute atomic E-state index is 13.5. The first-order valence-corrected chi connectivity index (χ1v) is 10.8. The molecule has 2 aromatic heterocycles. The molecule has 0 aliphatic carbocycles. The SMILES string of the molecule is COCCCN1C(=S)N[C@H](c2ccccn2)[C@@H]1c1cc(C)n(-c2ccc(F)cc2)c1C. The molecule has 0 saturated carbocycles. The smallest absolute Gasteiger partial charge is 0.170 e. The van der Waals surface area contributed by atoms with Crippen LogP contribution in [-0.2, 0) is 4.74 Å². The molecule has 1 saturated heterocycles. The molecule has 3 heterocycles. The molecule has 7 heteroatoms. The second kappa shape index (κ2) is 9.16. The number of ether oxygens (including phenoxy) is 1. The number of thiocarbonyl (C=S) groups is 1. The lowest BCUT2D eigenvalue weighted by Gasteiger charge is -2.28. The summed E-state index contributed by atoms with van der Waals surface area (Å²) in [4.78, 5) is 6.85. The number of hydrogen-bond acceptors (Lipinski definition) is 3. The summed E-state index contributed by atoms with van der Waals surface area (Å²) in [5, 5.41) is 4.22. The van der Waals surface area contributed by atoms with Gasteiger partial charge in [0.05, 0.1) is 17.8 Å². The first kappa shape index (κ1) is 21.5. The summed E-state index contributed by atoms with van der Waals surface area (Å²) in [5.41, 5.74) is 5.28. The minimum absolute atomic E-state index is 0.000320. The Morgan fingerprint density at radius 1 is 1.16 bits per heavy atom. The zero-order valence-corrected chi connectivity index (χ0v) is 18.8. The molecule has 0 amide bonds. The van der Waals surface area contributed by atoms with Crippen LogP contribution in [0.2, 0.25) is 0 Å². The lowest BCUT2D eigenvalue weighted by Crippen LogP contribution is -2.31. The summed E-state index contributed by atoms with van der Waals surface area (Å²) in [7, 11) is 1.71. The van der Waals surface area contributed by atoms with Crippen molar-refractivity contribution >= 4 is 17.3 Å². The highest BCUT2D eigenvalue weighted by molar-refractivity contribution is 7.80. The van der Waals surface area contributed by atoms with Crippen molar-refractivity contribution in [2.45, 2.75) is 32.4 Å². The molecule has 1 aromatic carbocycles. The van der Waals surface area contributed by atoms with E-state index in [-0.39, 0.29) is 17.9 Å². The van der Waals surface area contributed by atoms with Crippen molar-refractivity contribution < 1.29 is 9.13 Å². The van der Waals surface area contributed by atoms with Crippen LogP contribution < -0.4 is 5.32 Å². The van der Waals surface area contributed by atoms with Crippen molar-refractivity contribution in [3.63, 3.8) is 0 Å². The van der Waals surface area contributed by atoms with Crippen LogP contribution in [0, 0.1) is 19.7 Å². The molecule has 4 rings (SSSR count). The molecule has 0 unspecified atom stereocenters. The number of halogens is 1. The minimum atomic E-state index is -0.240. The second-order valence-electron chi connectivity index (χ2n) is 7.80. The van der Waals surface area contributed by atoms with Gasteiger partial charge in [-0.3, -0.25) is 4.98 Å². The predicted octanol–water partition coefficient (Wildman–Crippen LogP) is 4.64. The van der Waals surface area contributed by atoms with Gasteiger partial charge in [0.2, 0.25) is 0 Å². The third-order valence-electron chi connectivity index (χ3n) is 5.82. The summed E-state index contributed by atoms with van der Waals surface area (Å²) in [5.74, 6) is -0.240. The van der Waals surface area contributed by atoms with Gasteiger partial charge < -0.3 is 19.5 Å². The normalized spacial score (nSPS) is 18.5. The molecule has 0 spiro atoms. The zero-order valence-electron chi connectivity index (χ0n) is 18.0. The van der Waals surface area contributed by atoms with Gasteiger partial charge in [-0.05, 0) is 80.5 Å². The van der Waals surface area contributed by atoms with E-state index in [1.807, 2.05) is 36.5 Å². The maximum atomic E-state index is 13.5. The molecular formula is C24H27FN4OS. The molecule has 1 fully saturated rings. The van der Waals surface area contributed by atoms with Gasteiger partial charge in [0.1, 0.15) is 5.82 Å². The standard InChI is InChI=1S/C24H27FN4OS/c1-16-15-20(17(2)29(16)19-10-8-18(25)9-11-19)23-22(21-7-4-5-12-26-21)27-24(31)28(23)13-6-14-30-3/h4-5,7-12,15,22-23H,6,13-14H2,1-3H3,(H,27,31)/t22-,23+/m1/s1. The van der Waals surface area contributed by atoms with Gasteiger partial charge >= 0.3 is 0 Å². The fourth-order valence-electron chi connectivity index (χ4n) is 4.44. The number of aromatic nitrogens is 2. The van der Waals surface area contributed by atoms with Crippen molar-refractivity contribution in [3.8, 4) is 5.69 Å². The fraction of sp³-hybridized carbons (Fsp3) is 0.333. The molecule has 2 atom stereocenters. The van der Waals surface area contributed by atoms with Gasteiger partial charge in [0, 0.05) is 43.5 Å². The summed E-state index contributed by atoms with van der Waals surface area (Å²) in [6.45, 7) is 5.64. The number of hydrogen-bond donors (Lipinski definition) is 1. The third-order valence-corrected chi connectivity index (χ3v) is 6.17. The number of rotatable bonds is 7. The molecule has 1 aliphatic heterocycles. The Morgan fingerprint density at radius 3 is 2.61 bits per heavy atom. The van der Waals surface area contributed by atoms with E-state index in [1.54, 1.807) is 7.11 Å². The van der Waals surface area contributed by atoms with Crippen molar-refractivity contribution in [2.24, 2.45) is 0 Å². The Kier molecular flexibility index (Phi) is 6.34. The molecule has 1 N–H and O–H groups in total. The molecule has 0 radical (unpaired) electrons. The lowest BCUT2D eigenvalue weighted by molar-refractivity contribution is 0.180. The molecule has 5 nitrogen and oxygen atoms in total. The van der Waals surface area contributed by atoms with E-state index in [9.17, 15) is 4.39 Å². The van der Waals surface area contributed by atoms with Gasteiger partial charge in [0.15, 0.2) is 5.11 Å². The zero-order chi connectivity index (χ0) is 22.0. The number of pyridine rings is 1. The topological polar surface area (TPSA) is 42.3 Å². The molecule has 31 heavy (non-hydrogen) atoms. The fourth-order valence-corrected chi connectivity index (χ4v) is 4.77. The Morgan fingerprint density at radius 2 is 1.94 bits per heavy atom.